The van der Waals surface area contributed by atoms with Gasteiger partial charge in [0, 0.05) is 35.8 Å². The molecule has 2 aromatic heterocycles. The monoisotopic (exact) mass is 338 g/mol. The van der Waals surface area contributed by atoms with Crippen molar-refractivity contribution in [3.05, 3.63) is 35.4 Å². The van der Waals surface area contributed by atoms with E-state index >= 15 is 0 Å². The minimum absolute atomic E-state index is 0.104. The van der Waals surface area contributed by atoms with Crippen molar-refractivity contribution in [2.75, 3.05) is 23.7 Å². The van der Waals surface area contributed by atoms with Gasteiger partial charge in [0.25, 0.3) is 0 Å². The molecular formula is C13H15FN6S2. The van der Waals surface area contributed by atoms with E-state index in [4.69, 9.17) is 5.73 Å². The summed E-state index contributed by atoms with van der Waals surface area (Å²) < 4.78 is 17.3. The van der Waals surface area contributed by atoms with Crippen LogP contribution < -0.4 is 16.0 Å². The fraction of sp³-hybridized carbons (Fsp3) is 0.462. The van der Waals surface area contributed by atoms with Gasteiger partial charge in [-0.05, 0) is 17.6 Å². The number of nitrogens with one attached hydrogen (secondary N) is 1. The molecule has 2 aliphatic heterocycles. The lowest BCUT2D eigenvalue weighted by atomic mass is 9.86. The van der Waals surface area contributed by atoms with Crippen LogP contribution >= 0.6 is 23.3 Å². The lowest BCUT2D eigenvalue weighted by molar-refractivity contribution is 0.280. The van der Waals surface area contributed by atoms with Crippen LogP contribution in [0.1, 0.15) is 4.88 Å². The summed E-state index contributed by atoms with van der Waals surface area (Å²) in [4.78, 5) is 11.5. The zero-order chi connectivity index (χ0) is 15.2. The van der Waals surface area contributed by atoms with Gasteiger partial charge < -0.3 is 10.6 Å². The second kappa shape index (κ2) is 5.41. The Morgan fingerprint density at radius 2 is 2.23 bits per heavy atom. The highest BCUT2D eigenvalue weighted by atomic mass is 32.2. The fourth-order valence-electron chi connectivity index (χ4n) is 3.21. The average molecular weight is 338 g/mol. The van der Waals surface area contributed by atoms with Crippen LogP contribution in [0.2, 0.25) is 0 Å². The minimum atomic E-state index is -0.423. The highest BCUT2D eigenvalue weighted by molar-refractivity contribution is 7.99. The molecule has 2 saturated heterocycles. The lowest BCUT2D eigenvalue weighted by Crippen LogP contribution is -2.58. The first-order valence-electron chi connectivity index (χ1n) is 6.96. The maximum Gasteiger partial charge on any atom is 0.225 e. The fourth-order valence-corrected chi connectivity index (χ4v) is 5.14. The Morgan fingerprint density at radius 3 is 2.95 bits per heavy atom. The number of rotatable bonds is 2. The van der Waals surface area contributed by atoms with Crippen molar-refractivity contribution in [3.63, 3.8) is 0 Å². The number of hydrogen-bond donors (Lipinski definition) is 2. The number of anilines is 1. The third-order valence-corrected chi connectivity index (χ3v) is 6.22. The number of halogens is 1. The molecule has 0 spiro atoms. The SMILES string of the molecule is NC1N[C@@]2(c3ccns3)CN(c3ncc(F)cn3)C[C@H]2CS1. The van der Waals surface area contributed by atoms with Crippen molar-refractivity contribution < 1.29 is 4.39 Å². The Labute approximate surface area is 135 Å². The van der Waals surface area contributed by atoms with E-state index in [1.807, 2.05) is 12.3 Å². The molecule has 0 radical (unpaired) electrons. The van der Waals surface area contributed by atoms with Crippen LogP contribution in [-0.2, 0) is 5.54 Å². The van der Waals surface area contributed by atoms with Crippen molar-refractivity contribution in [1.29, 1.82) is 0 Å². The first kappa shape index (κ1) is 14.3. The van der Waals surface area contributed by atoms with Gasteiger partial charge in [-0.25, -0.2) is 18.7 Å². The van der Waals surface area contributed by atoms with Gasteiger partial charge >= 0.3 is 0 Å². The van der Waals surface area contributed by atoms with Gasteiger partial charge in [-0.3, -0.25) is 5.32 Å². The number of nitrogens with two attached hydrogens (primary N) is 1. The Hall–Kier alpha value is -1.29. The van der Waals surface area contributed by atoms with E-state index in [1.54, 1.807) is 11.8 Å². The quantitative estimate of drug-likeness (QED) is 0.845. The number of hydrogen-bond acceptors (Lipinski definition) is 8. The second-order valence-corrected chi connectivity index (χ2v) is 7.53. The van der Waals surface area contributed by atoms with Crippen LogP contribution in [0, 0.1) is 11.7 Å². The van der Waals surface area contributed by atoms with Gasteiger partial charge in [0.2, 0.25) is 5.95 Å². The molecule has 2 aromatic rings. The Bertz CT molecular complexity index is 651. The minimum Gasteiger partial charge on any atom is -0.338 e. The third kappa shape index (κ3) is 2.28. The Morgan fingerprint density at radius 1 is 1.41 bits per heavy atom. The summed E-state index contributed by atoms with van der Waals surface area (Å²) in [5, 5.41) is 3.55. The molecule has 0 aromatic carbocycles. The van der Waals surface area contributed by atoms with Crippen LogP contribution in [-0.4, -0.2) is 38.7 Å². The van der Waals surface area contributed by atoms with Crippen molar-refractivity contribution in [1.82, 2.24) is 19.7 Å². The van der Waals surface area contributed by atoms with Gasteiger partial charge in [0.05, 0.1) is 17.9 Å². The first-order chi connectivity index (χ1) is 10.7. The van der Waals surface area contributed by atoms with E-state index in [0.29, 0.717) is 18.4 Å². The predicted octanol–water partition coefficient (Wildman–Crippen LogP) is 0.983. The summed E-state index contributed by atoms with van der Waals surface area (Å²) in [6.07, 6.45) is 4.23. The summed E-state index contributed by atoms with van der Waals surface area (Å²) in [6.45, 7) is 1.52. The van der Waals surface area contributed by atoms with Crippen LogP contribution in [0.15, 0.2) is 24.7 Å². The Kier molecular flexibility index (Phi) is 3.52. The first-order valence-corrected chi connectivity index (χ1v) is 8.78. The van der Waals surface area contributed by atoms with E-state index in [1.165, 1.54) is 28.8 Å². The molecule has 1 unspecified atom stereocenters. The molecule has 22 heavy (non-hydrogen) atoms. The molecule has 0 saturated carbocycles. The second-order valence-electron chi connectivity index (χ2n) is 5.53. The lowest BCUT2D eigenvalue weighted by Gasteiger charge is -2.41. The summed E-state index contributed by atoms with van der Waals surface area (Å²) in [5.74, 6) is 1.48. The number of nitrogens with zero attached hydrogens (tertiary/aromatic N) is 4. The summed E-state index contributed by atoms with van der Waals surface area (Å²) in [6, 6.07) is 2.04. The van der Waals surface area contributed by atoms with E-state index in [9.17, 15) is 4.39 Å². The van der Waals surface area contributed by atoms with E-state index in [-0.39, 0.29) is 11.0 Å². The molecule has 3 atom stereocenters. The molecule has 3 N–H and O–H groups in total. The predicted molar refractivity (Wildman–Crippen MR) is 85.1 cm³/mol. The van der Waals surface area contributed by atoms with Gasteiger partial charge in [0.15, 0.2) is 5.82 Å². The van der Waals surface area contributed by atoms with Crippen molar-refractivity contribution in [2.24, 2.45) is 11.7 Å². The number of fused-ring (bicyclic) bond motifs is 1. The Balaban J connectivity index is 1.69. The van der Waals surface area contributed by atoms with Gasteiger partial charge in [-0.2, -0.15) is 0 Å². The average Bonchev–Trinajstić information content (AvgIpc) is 3.15. The molecule has 4 rings (SSSR count). The standard InChI is InChI=1S/C13H15FN6S2/c14-9-3-16-12(17-4-9)20-5-8-6-21-11(15)19-13(8,7-20)10-1-2-18-22-10/h1-4,8,11,19H,5-7,15H2/t8-,11?,13-/m0/s1. The van der Waals surface area contributed by atoms with Gasteiger partial charge in [0.1, 0.15) is 5.50 Å². The molecule has 2 fully saturated rings. The molecule has 4 heterocycles. The molecule has 2 aliphatic rings. The van der Waals surface area contributed by atoms with Gasteiger partial charge in [-0.15, -0.1) is 11.8 Å². The summed E-state index contributed by atoms with van der Waals surface area (Å²) in [5.41, 5.74) is 5.79. The van der Waals surface area contributed by atoms with Crippen LogP contribution in [0.3, 0.4) is 0 Å². The highest BCUT2D eigenvalue weighted by Crippen LogP contribution is 2.44. The van der Waals surface area contributed by atoms with Crippen molar-refractivity contribution in [2.45, 2.75) is 11.0 Å². The molecule has 0 bridgehead atoms. The number of thioether (sulfide) groups is 1. The van der Waals surface area contributed by atoms with Crippen LogP contribution in [0.5, 0.6) is 0 Å². The van der Waals surface area contributed by atoms with Crippen molar-refractivity contribution in [3.8, 4) is 0 Å². The largest absolute Gasteiger partial charge is 0.338 e. The normalized spacial score (nSPS) is 31.3. The number of aromatic nitrogens is 3. The molecule has 116 valence electrons. The third-order valence-electron chi connectivity index (χ3n) is 4.22. The zero-order valence-electron chi connectivity index (χ0n) is 11.6. The van der Waals surface area contributed by atoms with E-state index in [0.717, 1.165) is 12.3 Å². The van der Waals surface area contributed by atoms with E-state index < -0.39 is 5.82 Å². The molecular weight excluding hydrogens is 323 g/mol. The molecule has 6 nitrogen and oxygen atoms in total. The topological polar surface area (TPSA) is 80.0 Å². The summed E-state index contributed by atoms with van der Waals surface area (Å²) in [7, 11) is 0. The summed E-state index contributed by atoms with van der Waals surface area (Å²) >= 11 is 3.21. The van der Waals surface area contributed by atoms with Crippen molar-refractivity contribution >= 4 is 29.2 Å². The van der Waals surface area contributed by atoms with Crippen LogP contribution in [0.4, 0.5) is 10.3 Å². The molecule has 0 aliphatic carbocycles. The molecule has 0 amide bonds. The smallest absolute Gasteiger partial charge is 0.225 e. The maximum absolute atomic E-state index is 13.0. The maximum atomic E-state index is 13.0. The van der Waals surface area contributed by atoms with E-state index in [2.05, 4.69) is 24.6 Å². The van der Waals surface area contributed by atoms with Gasteiger partial charge in [-0.1, -0.05) is 0 Å². The molecule has 9 heteroatoms. The zero-order valence-corrected chi connectivity index (χ0v) is 13.3. The van der Waals surface area contributed by atoms with Crippen LogP contribution in [0.25, 0.3) is 0 Å². The highest BCUT2D eigenvalue weighted by Gasteiger charge is 2.52.